The van der Waals surface area contributed by atoms with Crippen LogP contribution in [-0.4, -0.2) is 3.21 Å². The van der Waals surface area contributed by atoms with Crippen LogP contribution in [0.5, 0.6) is 0 Å². The van der Waals surface area contributed by atoms with Gasteiger partial charge in [0.25, 0.3) is 0 Å². The van der Waals surface area contributed by atoms with Crippen molar-refractivity contribution >= 4 is 3.21 Å². The monoisotopic (exact) mass is 590 g/mol. The molecule has 0 spiro atoms. The summed E-state index contributed by atoms with van der Waals surface area (Å²) in [7, 11) is 0. The van der Waals surface area contributed by atoms with Crippen LogP contribution >= 0.6 is 0 Å². The molecule has 0 heterocycles. The molecule has 0 aliphatic heterocycles. The number of allylic oxidation sites excluding steroid dienone is 4. The molecule has 3 aliphatic carbocycles. The first-order chi connectivity index (χ1) is 16.9. The Kier molecular flexibility index (Phi) is 9.79. The Labute approximate surface area is 236 Å². The molecule has 3 aliphatic rings. The van der Waals surface area contributed by atoms with Gasteiger partial charge in [-0.3, -0.25) is 0 Å². The zero-order chi connectivity index (χ0) is 22.7. The number of fused-ring (bicyclic) bond motifs is 3. The van der Waals surface area contributed by atoms with Gasteiger partial charge < -0.3 is 24.8 Å². The van der Waals surface area contributed by atoms with E-state index in [1.165, 1.54) is 68.1 Å². The predicted octanol–water partition coefficient (Wildman–Crippen LogP) is 2.61. The van der Waals surface area contributed by atoms with Gasteiger partial charge in [0.1, 0.15) is 0 Å². The standard InChI is InChI=1S/C15H20.C13H9.C5H5.2ClH.Zr/c1-3-8-14(9-4-1)12-7-13-15-10-5-2-6-11-15;1-3-7-12-10(5-1)9-11-6-2-4-8-13(11)12;1-2-4-5-3-1;;;/h1,3-4,8-9,15H,2,5-6,10-13H2;1-9H;1-3H,4H2;2*1H;/q;;;;;+2/p-2. The van der Waals surface area contributed by atoms with Crippen molar-refractivity contribution < 1.29 is 46.1 Å². The fourth-order valence-corrected chi connectivity index (χ4v) is 16.1. The Morgan fingerprint density at radius 2 is 1.33 bits per heavy atom. The molecule has 1 fully saturated rings. The average Bonchev–Trinajstić information content (AvgIpc) is 3.53. The summed E-state index contributed by atoms with van der Waals surface area (Å²) in [6, 6.07) is 30.0. The van der Waals surface area contributed by atoms with Crippen molar-refractivity contribution in [1.29, 1.82) is 0 Å². The molecule has 6 rings (SSSR count). The summed E-state index contributed by atoms with van der Waals surface area (Å²) >= 11 is -2.25. The Bertz CT molecular complexity index is 1220. The zero-order valence-corrected chi connectivity index (χ0v) is 24.8. The van der Waals surface area contributed by atoms with E-state index in [1.807, 2.05) is 3.21 Å². The maximum Gasteiger partial charge on any atom is -1.00 e. The second-order valence-electron chi connectivity index (χ2n) is 10.3. The molecule has 0 atom stereocenters. The first kappa shape index (κ1) is 27.5. The van der Waals surface area contributed by atoms with Crippen LogP contribution in [0.1, 0.15) is 65.3 Å². The maximum atomic E-state index is 2.52. The summed E-state index contributed by atoms with van der Waals surface area (Å²) in [5.41, 5.74) is 7.71. The van der Waals surface area contributed by atoms with Crippen molar-refractivity contribution in [2.24, 2.45) is 5.92 Å². The van der Waals surface area contributed by atoms with Crippen molar-refractivity contribution in [3.63, 3.8) is 0 Å². The van der Waals surface area contributed by atoms with Crippen LogP contribution in [0.3, 0.4) is 0 Å². The molecule has 36 heavy (non-hydrogen) atoms. The molecule has 3 aromatic rings. The topological polar surface area (TPSA) is 0 Å². The number of rotatable bonds is 6. The largest absolute Gasteiger partial charge is 1.00 e. The number of hydrogen-bond acceptors (Lipinski definition) is 0. The number of halogens is 2. The van der Waals surface area contributed by atoms with Crippen molar-refractivity contribution in [3.05, 3.63) is 117 Å². The fourth-order valence-electron chi connectivity index (χ4n) is 6.59. The third kappa shape index (κ3) is 5.65. The molecule has 0 unspecified atom stereocenters. The van der Waals surface area contributed by atoms with Gasteiger partial charge in [0.05, 0.1) is 0 Å². The smallest absolute Gasteiger partial charge is 1.00 e. The van der Waals surface area contributed by atoms with E-state index in [1.54, 1.807) is 14.4 Å². The Hall–Kier alpha value is -1.53. The van der Waals surface area contributed by atoms with E-state index in [9.17, 15) is 0 Å². The number of hydrogen-bond donors (Lipinski definition) is 0. The molecule has 0 amide bonds. The Morgan fingerprint density at radius 3 is 1.94 bits per heavy atom. The third-order valence-electron chi connectivity index (χ3n) is 8.14. The molecule has 1 saturated carbocycles. The molecule has 3 aromatic carbocycles. The van der Waals surface area contributed by atoms with E-state index in [4.69, 9.17) is 0 Å². The van der Waals surface area contributed by atoms with Crippen LogP contribution in [0, 0.1) is 5.92 Å². The van der Waals surface area contributed by atoms with Gasteiger partial charge in [0.15, 0.2) is 0 Å². The van der Waals surface area contributed by atoms with E-state index in [-0.39, 0.29) is 24.8 Å². The van der Waals surface area contributed by atoms with Gasteiger partial charge >= 0.3 is 214 Å². The van der Waals surface area contributed by atoms with Gasteiger partial charge in [-0.2, -0.15) is 0 Å². The first-order valence-electron chi connectivity index (χ1n) is 13.2. The van der Waals surface area contributed by atoms with Gasteiger partial charge in [-0.1, -0.05) is 0 Å². The first-order valence-corrected chi connectivity index (χ1v) is 17.1. The second-order valence-corrected chi connectivity index (χ2v) is 17.1. The third-order valence-corrected chi connectivity index (χ3v) is 16.5. The summed E-state index contributed by atoms with van der Waals surface area (Å²) in [5, 5.41) is 0. The molecule has 3 heteroatoms. The average molecular weight is 593 g/mol. The molecule has 0 bridgehead atoms. The molecule has 184 valence electrons. The minimum absolute atomic E-state index is 0. The second kappa shape index (κ2) is 12.8. The van der Waals surface area contributed by atoms with E-state index in [0.717, 1.165) is 5.92 Å². The summed E-state index contributed by atoms with van der Waals surface area (Å²) in [6.45, 7) is 0. The van der Waals surface area contributed by atoms with Crippen LogP contribution in [-0.2, 0) is 27.7 Å². The molecule has 0 aromatic heterocycles. The Balaban J connectivity index is 0.00000152. The summed E-state index contributed by atoms with van der Waals surface area (Å²) in [6.07, 6.45) is 18.2. The van der Waals surface area contributed by atoms with Gasteiger partial charge in [-0.05, 0) is 0 Å². The fraction of sp³-hybridized carbons (Fsp3) is 0.303. The molecule has 0 radical (unpaired) electrons. The van der Waals surface area contributed by atoms with E-state index < -0.39 is 21.3 Å². The Morgan fingerprint density at radius 1 is 0.722 bits per heavy atom. The van der Waals surface area contributed by atoms with Gasteiger partial charge in [-0.15, -0.1) is 0 Å². The predicted molar refractivity (Wildman–Crippen MR) is 142 cm³/mol. The van der Waals surface area contributed by atoms with Crippen molar-refractivity contribution in [1.82, 2.24) is 0 Å². The van der Waals surface area contributed by atoms with E-state index in [0.29, 0.717) is 3.63 Å². The maximum absolute atomic E-state index is 2.52. The van der Waals surface area contributed by atoms with Gasteiger partial charge in [0, 0.05) is 0 Å². The summed E-state index contributed by atoms with van der Waals surface area (Å²) in [5.74, 6) is 0.893. The van der Waals surface area contributed by atoms with Gasteiger partial charge in [0.2, 0.25) is 0 Å². The zero-order valence-electron chi connectivity index (χ0n) is 20.8. The van der Waals surface area contributed by atoms with Crippen LogP contribution in [0.2, 0.25) is 0 Å². The van der Waals surface area contributed by atoms with Crippen LogP contribution in [0.25, 0.3) is 11.1 Å². The van der Waals surface area contributed by atoms with E-state index >= 15 is 0 Å². The minimum atomic E-state index is -2.25. The number of benzene rings is 3. The molecular formula is C33H34Cl2Zr. The van der Waals surface area contributed by atoms with Gasteiger partial charge in [-0.25, -0.2) is 0 Å². The molecule has 0 N–H and O–H groups in total. The summed E-state index contributed by atoms with van der Waals surface area (Å²) < 4.78 is 4.37. The minimum Gasteiger partial charge on any atom is -1.00 e. The SMILES string of the molecule is C1=CC[C](/[Zr+2](=[C](\Cc2ccccc2)CC2CCCCC2)[CH]2c3ccccc3-c3ccccc32)=C1.[Cl-].[Cl-]. The van der Waals surface area contributed by atoms with Crippen molar-refractivity contribution in [3.8, 4) is 11.1 Å². The summed E-state index contributed by atoms with van der Waals surface area (Å²) in [4.78, 5) is 0. The van der Waals surface area contributed by atoms with Crippen LogP contribution in [0.4, 0.5) is 0 Å². The normalized spacial score (nSPS) is 16.9. The van der Waals surface area contributed by atoms with Crippen molar-refractivity contribution in [2.45, 2.75) is 55.0 Å². The van der Waals surface area contributed by atoms with E-state index in [2.05, 4.69) is 97.1 Å². The molecule has 0 nitrogen and oxygen atoms in total. The molecule has 0 saturated heterocycles. The van der Waals surface area contributed by atoms with Crippen molar-refractivity contribution in [2.75, 3.05) is 0 Å². The van der Waals surface area contributed by atoms with Crippen LogP contribution < -0.4 is 24.8 Å². The van der Waals surface area contributed by atoms with Crippen LogP contribution in [0.15, 0.2) is 100 Å². The quantitative estimate of drug-likeness (QED) is 0.413. The molecular weight excluding hydrogens is 558 g/mol.